The molecule has 1 aromatic heterocycles. The molecule has 112 valence electrons. The van der Waals surface area contributed by atoms with E-state index in [0.29, 0.717) is 0 Å². The number of hydrogen-bond acceptors (Lipinski definition) is 3. The smallest absolute Gasteiger partial charge is 0.223 e. The topological polar surface area (TPSA) is 50.2 Å². The molecule has 0 aromatic carbocycles. The van der Waals surface area contributed by atoms with Crippen LogP contribution in [0.5, 0.6) is 0 Å². The number of imidazole rings is 1. The molecule has 1 atom stereocenters. The summed E-state index contributed by atoms with van der Waals surface area (Å²) in [6, 6.07) is 0. The van der Waals surface area contributed by atoms with E-state index >= 15 is 0 Å². The van der Waals surface area contributed by atoms with E-state index in [4.69, 9.17) is 0 Å². The van der Waals surface area contributed by atoms with Crippen LogP contribution in [0.25, 0.3) is 0 Å². The number of carbonyl (C=O) groups excluding carboxylic acids is 1. The number of amides is 1. The number of aromatic nitrogens is 2. The normalized spacial score (nSPS) is 18.1. The maximum Gasteiger partial charge on any atom is 0.223 e. The average molecular weight is 278 g/mol. The number of nitrogens with zero attached hydrogens (tertiary/aromatic N) is 3. The number of aryl methyl sites for hydroxylation is 1. The monoisotopic (exact) mass is 278 g/mol. The largest absolute Gasteiger partial charge is 0.356 e. The zero-order chi connectivity index (χ0) is 14.4. The van der Waals surface area contributed by atoms with Crippen LogP contribution in [0.15, 0.2) is 12.5 Å². The van der Waals surface area contributed by atoms with Crippen molar-refractivity contribution in [3.8, 4) is 0 Å². The summed E-state index contributed by atoms with van der Waals surface area (Å²) in [6.07, 6.45) is 6.50. The van der Waals surface area contributed by atoms with Gasteiger partial charge in [-0.2, -0.15) is 0 Å². The first-order valence-electron chi connectivity index (χ1n) is 7.73. The van der Waals surface area contributed by atoms with Crippen molar-refractivity contribution in [3.63, 3.8) is 0 Å². The van der Waals surface area contributed by atoms with Gasteiger partial charge in [-0.25, -0.2) is 4.98 Å². The fourth-order valence-electron chi connectivity index (χ4n) is 2.79. The number of fused-ring (bicyclic) bond motifs is 1. The highest BCUT2D eigenvalue weighted by Gasteiger charge is 2.24. The Morgan fingerprint density at radius 1 is 1.50 bits per heavy atom. The second-order valence-corrected chi connectivity index (χ2v) is 5.44. The van der Waals surface area contributed by atoms with E-state index in [9.17, 15) is 4.79 Å². The molecule has 1 N–H and O–H groups in total. The zero-order valence-electron chi connectivity index (χ0n) is 12.6. The van der Waals surface area contributed by atoms with Gasteiger partial charge in [0.05, 0.1) is 6.33 Å². The van der Waals surface area contributed by atoms with E-state index in [1.165, 1.54) is 5.69 Å². The molecule has 0 bridgehead atoms. The third kappa shape index (κ3) is 3.82. The summed E-state index contributed by atoms with van der Waals surface area (Å²) >= 11 is 0. The van der Waals surface area contributed by atoms with Gasteiger partial charge in [0, 0.05) is 37.3 Å². The molecule has 1 aliphatic heterocycles. The minimum Gasteiger partial charge on any atom is -0.356 e. The molecule has 2 rings (SSSR count). The molecular weight excluding hydrogens is 252 g/mol. The first kappa shape index (κ1) is 15.0. The van der Waals surface area contributed by atoms with E-state index in [1.807, 2.05) is 12.5 Å². The van der Waals surface area contributed by atoms with Crippen LogP contribution in [0.3, 0.4) is 0 Å². The van der Waals surface area contributed by atoms with Gasteiger partial charge in [-0.3, -0.25) is 4.79 Å². The summed E-state index contributed by atoms with van der Waals surface area (Å²) in [5.41, 5.74) is 1.18. The van der Waals surface area contributed by atoms with Crippen LogP contribution in [0.2, 0.25) is 0 Å². The maximum atomic E-state index is 12.2. The SMILES string of the molecule is CCN(CC)CCCNC(=O)C1CCn2cncc2C1. The lowest BCUT2D eigenvalue weighted by Crippen LogP contribution is -2.36. The molecule has 1 unspecified atom stereocenters. The van der Waals surface area contributed by atoms with Gasteiger partial charge in [0.25, 0.3) is 0 Å². The van der Waals surface area contributed by atoms with Crippen molar-refractivity contribution >= 4 is 5.91 Å². The lowest BCUT2D eigenvalue weighted by atomic mass is 9.95. The summed E-state index contributed by atoms with van der Waals surface area (Å²) in [4.78, 5) is 18.7. The molecule has 20 heavy (non-hydrogen) atoms. The quantitative estimate of drug-likeness (QED) is 0.765. The van der Waals surface area contributed by atoms with Crippen LogP contribution >= 0.6 is 0 Å². The Morgan fingerprint density at radius 2 is 2.30 bits per heavy atom. The predicted molar refractivity (Wildman–Crippen MR) is 79.5 cm³/mol. The molecule has 0 aliphatic carbocycles. The summed E-state index contributed by atoms with van der Waals surface area (Å²) in [5, 5.41) is 3.08. The molecule has 5 heteroatoms. The highest BCUT2D eigenvalue weighted by Crippen LogP contribution is 2.19. The van der Waals surface area contributed by atoms with Gasteiger partial charge < -0.3 is 14.8 Å². The first-order chi connectivity index (χ1) is 9.74. The van der Waals surface area contributed by atoms with Crippen LogP contribution in [0, 0.1) is 5.92 Å². The minimum atomic E-state index is 0.118. The Balaban J connectivity index is 1.68. The Bertz CT molecular complexity index is 425. The zero-order valence-corrected chi connectivity index (χ0v) is 12.6. The second-order valence-electron chi connectivity index (χ2n) is 5.44. The number of carbonyl (C=O) groups is 1. The van der Waals surface area contributed by atoms with Crippen molar-refractivity contribution in [2.75, 3.05) is 26.2 Å². The van der Waals surface area contributed by atoms with Crippen LogP contribution < -0.4 is 5.32 Å². The van der Waals surface area contributed by atoms with Gasteiger partial charge in [0.2, 0.25) is 5.91 Å². The van der Waals surface area contributed by atoms with Crippen LogP contribution in [0.1, 0.15) is 32.4 Å². The Labute approximate surface area is 121 Å². The Hall–Kier alpha value is -1.36. The molecule has 1 amide bonds. The van der Waals surface area contributed by atoms with Crippen molar-refractivity contribution in [2.45, 2.75) is 39.7 Å². The average Bonchev–Trinajstić information content (AvgIpc) is 2.94. The van der Waals surface area contributed by atoms with E-state index < -0.39 is 0 Å². The Morgan fingerprint density at radius 3 is 3.05 bits per heavy atom. The van der Waals surface area contributed by atoms with Crippen LogP contribution in [-0.2, 0) is 17.8 Å². The van der Waals surface area contributed by atoms with Crippen molar-refractivity contribution in [1.82, 2.24) is 19.8 Å². The molecule has 0 saturated heterocycles. The van der Waals surface area contributed by atoms with Gasteiger partial charge in [-0.05, 0) is 32.5 Å². The van der Waals surface area contributed by atoms with Crippen LogP contribution in [0.4, 0.5) is 0 Å². The van der Waals surface area contributed by atoms with E-state index in [1.54, 1.807) is 0 Å². The first-order valence-corrected chi connectivity index (χ1v) is 7.73. The highest BCUT2D eigenvalue weighted by atomic mass is 16.1. The van der Waals surface area contributed by atoms with Gasteiger partial charge in [-0.1, -0.05) is 13.8 Å². The number of nitrogens with one attached hydrogen (secondary N) is 1. The summed E-state index contributed by atoms with van der Waals surface area (Å²) in [6.45, 7) is 9.26. The summed E-state index contributed by atoms with van der Waals surface area (Å²) in [7, 11) is 0. The lowest BCUT2D eigenvalue weighted by Gasteiger charge is -2.23. The van der Waals surface area contributed by atoms with E-state index in [2.05, 4.69) is 33.6 Å². The molecule has 0 radical (unpaired) electrons. The van der Waals surface area contributed by atoms with Crippen molar-refractivity contribution < 1.29 is 4.79 Å². The molecular formula is C15H26N4O. The lowest BCUT2D eigenvalue weighted by molar-refractivity contribution is -0.125. The third-order valence-electron chi connectivity index (χ3n) is 4.19. The van der Waals surface area contributed by atoms with E-state index in [-0.39, 0.29) is 11.8 Å². The molecule has 1 aliphatic rings. The molecule has 0 fully saturated rings. The fraction of sp³-hybridized carbons (Fsp3) is 0.733. The van der Waals surface area contributed by atoms with Crippen molar-refractivity contribution in [1.29, 1.82) is 0 Å². The molecule has 1 aromatic rings. The molecule has 0 spiro atoms. The van der Waals surface area contributed by atoms with Gasteiger partial charge >= 0.3 is 0 Å². The van der Waals surface area contributed by atoms with Gasteiger partial charge in [0.15, 0.2) is 0 Å². The minimum absolute atomic E-state index is 0.118. The Kier molecular flexibility index (Phi) is 5.59. The third-order valence-corrected chi connectivity index (χ3v) is 4.19. The van der Waals surface area contributed by atoms with Crippen LogP contribution in [-0.4, -0.2) is 46.5 Å². The van der Waals surface area contributed by atoms with E-state index in [0.717, 1.165) is 52.0 Å². The second kappa shape index (κ2) is 7.43. The number of hydrogen-bond donors (Lipinski definition) is 1. The van der Waals surface area contributed by atoms with Crippen molar-refractivity contribution in [3.05, 3.63) is 18.2 Å². The summed E-state index contributed by atoms with van der Waals surface area (Å²) in [5.74, 6) is 0.324. The molecule has 0 saturated carbocycles. The molecule has 5 nitrogen and oxygen atoms in total. The summed E-state index contributed by atoms with van der Waals surface area (Å²) < 4.78 is 2.14. The maximum absolute atomic E-state index is 12.2. The van der Waals surface area contributed by atoms with Gasteiger partial charge in [0.1, 0.15) is 0 Å². The van der Waals surface area contributed by atoms with Gasteiger partial charge in [-0.15, -0.1) is 0 Å². The fourth-order valence-corrected chi connectivity index (χ4v) is 2.79. The molecule has 2 heterocycles. The highest BCUT2D eigenvalue weighted by molar-refractivity contribution is 5.78. The number of rotatable bonds is 7. The van der Waals surface area contributed by atoms with Crippen molar-refractivity contribution in [2.24, 2.45) is 5.92 Å². The predicted octanol–water partition coefficient (Wildman–Crippen LogP) is 1.29. The standard InChI is InChI=1S/C15H26N4O/c1-3-18(4-2)8-5-7-17-15(20)13-6-9-19-12-16-11-14(19)10-13/h11-13H,3-10H2,1-2H3,(H,17,20).